The molecule has 1 saturated carbocycles. The summed E-state index contributed by atoms with van der Waals surface area (Å²) in [4.78, 5) is 13.0. The number of aliphatic hydroxyl groups is 1. The number of hydrogen-bond donors (Lipinski definition) is 2. The quantitative estimate of drug-likeness (QED) is 0.308. The van der Waals surface area contributed by atoms with Crippen LogP contribution in [-0.4, -0.2) is 22.1 Å². The fourth-order valence-electron chi connectivity index (χ4n) is 4.01. The Hall–Kier alpha value is -1.41. The molecule has 2 aromatic rings. The van der Waals surface area contributed by atoms with Gasteiger partial charge in [0.1, 0.15) is 12.4 Å². The summed E-state index contributed by atoms with van der Waals surface area (Å²) >= 11 is 0. The van der Waals surface area contributed by atoms with Crippen molar-refractivity contribution in [3.8, 4) is 0 Å². The molecule has 3 rings (SSSR count). The standard InChI is InChI=1S/C21H29N3O2.HI/c1-17-23(2)15-16-24(17)14-8-13-22-20(25)21(26,19-11-6-7-12-19)18-9-4-3-5-10-18;/h3-5,9-10,15-16,19,26H,6-8,11-14H2,1-2H3;1H. The summed E-state index contributed by atoms with van der Waals surface area (Å²) < 4.78 is 4.25. The third kappa shape index (κ3) is 4.71. The molecule has 1 amide bonds. The lowest BCUT2D eigenvalue weighted by Crippen LogP contribution is -3.00. The fraction of sp³-hybridized carbons (Fsp3) is 0.524. The molecule has 27 heavy (non-hydrogen) atoms. The number of halogens is 1. The predicted molar refractivity (Wildman–Crippen MR) is 100 cm³/mol. The van der Waals surface area contributed by atoms with Gasteiger partial charge in [0.2, 0.25) is 0 Å². The van der Waals surface area contributed by atoms with Crippen molar-refractivity contribution >= 4 is 5.91 Å². The zero-order valence-electron chi connectivity index (χ0n) is 16.2. The average molecular weight is 483 g/mol. The van der Waals surface area contributed by atoms with Gasteiger partial charge in [0.25, 0.3) is 11.7 Å². The van der Waals surface area contributed by atoms with Crippen LogP contribution in [0.4, 0.5) is 0 Å². The molecule has 148 valence electrons. The molecule has 1 aromatic carbocycles. The first-order valence-electron chi connectivity index (χ1n) is 9.61. The third-order valence-corrected chi connectivity index (χ3v) is 5.76. The highest BCUT2D eigenvalue weighted by Gasteiger charge is 2.46. The number of benzene rings is 1. The van der Waals surface area contributed by atoms with E-state index in [9.17, 15) is 9.90 Å². The number of nitrogens with zero attached hydrogens (tertiary/aromatic N) is 2. The summed E-state index contributed by atoms with van der Waals surface area (Å²) in [7, 11) is 2.02. The highest BCUT2D eigenvalue weighted by molar-refractivity contribution is 5.86. The second-order valence-corrected chi connectivity index (χ2v) is 7.37. The van der Waals surface area contributed by atoms with E-state index >= 15 is 0 Å². The van der Waals surface area contributed by atoms with Crippen LogP contribution in [0.5, 0.6) is 0 Å². The van der Waals surface area contributed by atoms with E-state index in [1.807, 2.05) is 43.6 Å². The molecule has 5 nitrogen and oxygen atoms in total. The number of imidazole rings is 1. The van der Waals surface area contributed by atoms with E-state index < -0.39 is 5.60 Å². The number of aromatic nitrogens is 2. The molecule has 1 aliphatic rings. The van der Waals surface area contributed by atoms with Gasteiger partial charge in [0.15, 0.2) is 5.60 Å². The zero-order valence-corrected chi connectivity index (χ0v) is 18.4. The number of amides is 1. The maximum Gasteiger partial charge on any atom is 0.256 e. The molecular weight excluding hydrogens is 453 g/mol. The lowest BCUT2D eigenvalue weighted by molar-refractivity contribution is -0.677. The van der Waals surface area contributed by atoms with Crippen LogP contribution in [0.15, 0.2) is 42.7 Å². The molecule has 1 atom stereocenters. The predicted octanol–water partition coefficient (Wildman–Crippen LogP) is -0.791. The van der Waals surface area contributed by atoms with Crippen LogP contribution in [0.1, 0.15) is 43.5 Å². The summed E-state index contributed by atoms with van der Waals surface area (Å²) in [5.41, 5.74) is -0.717. The summed E-state index contributed by atoms with van der Waals surface area (Å²) in [5.74, 6) is 0.920. The van der Waals surface area contributed by atoms with Crippen molar-refractivity contribution in [1.82, 2.24) is 9.88 Å². The minimum absolute atomic E-state index is 0. The Bertz CT molecular complexity index is 741. The van der Waals surface area contributed by atoms with Crippen LogP contribution < -0.4 is 33.9 Å². The van der Waals surface area contributed by atoms with Gasteiger partial charge in [-0.3, -0.25) is 4.79 Å². The van der Waals surface area contributed by atoms with Crippen LogP contribution in [-0.2, 0) is 24.0 Å². The highest BCUT2D eigenvalue weighted by atomic mass is 127. The molecule has 0 saturated heterocycles. The fourth-order valence-corrected chi connectivity index (χ4v) is 4.01. The van der Waals surface area contributed by atoms with Gasteiger partial charge < -0.3 is 34.4 Å². The van der Waals surface area contributed by atoms with Crippen molar-refractivity contribution in [3.05, 3.63) is 54.1 Å². The highest BCUT2D eigenvalue weighted by Crippen LogP contribution is 2.40. The molecule has 2 N–H and O–H groups in total. The minimum Gasteiger partial charge on any atom is -1.00 e. The molecule has 1 heterocycles. The van der Waals surface area contributed by atoms with Crippen LogP contribution in [0, 0.1) is 12.8 Å². The first-order chi connectivity index (χ1) is 12.5. The Kier molecular flexibility index (Phi) is 7.85. The molecule has 0 bridgehead atoms. The molecule has 1 fully saturated rings. The lowest BCUT2D eigenvalue weighted by Gasteiger charge is -2.33. The maximum absolute atomic E-state index is 13.0. The van der Waals surface area contributed by atoms with Crippen molar-refractivity contribution < 1.29 is 38.4 Å². The van der Waals surface area contributed by atoms with Crippen molar-refractivity contribution in [2.45, 2.75) is 51.2 Å². The van der Waals surface area contributed by atoms with Crippen molar-refractivity contribution in [2.24, 2.45) is 13.0 Å². The number of nitrogens with one attached hydrogen (secondary N) is 1. The van der Waals surface area contributed by atoms with Crippen LogP contribution in [0.25, 0.3) is 0 Å². The van der Waals surface area contributed by atoms with Gasteiger partial charge in [-0.15, -0.1) is 0 Å². The van der Waals surface area contributed by atoms with E-state index in [4.69, 9.17) is 0 Å². The van der Waals surface area contributed by atoms with Gasteiger partial charge in [-0.25, -0.2) is 9.13 Å². The van der Waals surface area contributed by atoms with E-state index in [1.165, 1.54) is 5.82 Å². The van der Waals surface area contributed by atoms with E-state index in [2.05, 4.69) is 27.6 Å². The van der Waals surface area contributed by atoms with E-state index in [1.54, 1.807) is 0 Å². The van der Waals surface area contributed by atoms with Gasteiger partial charge in [0.05, 0.1) is 13.6 Å². The Morgan fingerprint density at radius 3 is 2.56 bits per heavy atom. The summed E-state index contributed by atoms with van der Waals surface area (Å²) in [6, 6.07) is 9.41. The van der Waals surface area contributed by atoms with Gasteiger partial charge >= 0.3 is 0 Å². The normalized spacial score (nSPS) is 16.6. The van der Waals surface area contributed by atoms with Gasteiger partial charge in [0, 0.05) is 25.8 Å². The molecular formula is C21H30IN3O2. The first-order valence-corrected chi connectivity index (χ1v) is 9.61. The Morgan fingerprint density at radius 1 is 1.30 bits per heavy atom. The van der Waals surface area contributed by atoms with Crippen LogP contribution in [0.2, 0.25) is 0 Å². The monoisotopic (exact) mass is 483 g/mol. The maximum atomic E-state index is 13.0. The molecule has 1 aliphatic carbocycles. The zero-order chi connectivity index (χ0) is 18.6. The molecule has 0 radical (unpaired) electrons. The summed E-state index contributed by atoms with van der Waals surface area (Å²) in [6.45, 7) is 3.48. The molecule has 1 unspecified atom stereocenters. The largest absolute Gasteiger partial charge is 1.00 e. The lowest BCUT2D eigenvalue weighted by atomic mass is 9.79. The van der Waals surface area contributed by atoms with E-state index in [0.29, 0.717) is 12.1 Å². The van der Waals surface area contributed by atoms with Crippen molar-refractivity contribution in [2.75, 3.05) is 6.54 Å². The van der Waals surface area contributed by atoms with Crippen LogP contribution in [0.3, 0.4) is 0 Å². The SMILES string of the molecule is Cc1n(CCCNC(=O)C(O)(c2ccccc2)C2CCCC2)cc[n+]1C.[I-]. The number of carbonyl (C=O) groups is 1. The summed E-state index contributed by atoms with van der Waals surface area (Å²) in [6.07, 6.45) is 8.87. The van der Waals surface area contributed by atoms with Crippen molar-refractivity contribution in [3.63, 3.8) is 0 Å². The Labute approximate surface area is 178 Å². The second-order valence-electron chi connectivity index (χ2n) is 7.37. The average Bonchev–Trinajstić information content (AvgIpc) is 3.31. The number of rotatable bonds is 7. The third-order valence-electron chi connectivity index (χ3n) is 5.76. The van der Waals surface area contributed by atoms with Gasteiger partial charge in [-0.2, -0.15) is 0 Å². The topological polar surface area (TPSA) is 58.1 Å². The van der Waals surface area contributed by atoms with Gasteiger partial charge in [-0.05, 0) is 18.4 Å². The van der Waals surface area contributed by atoms with Gasteiger partial charge in [-0.1, -0.05) is 43.2 Å². The summed E-state index contributed by atoms with van der Waals surface area (Å²) in [5, 5.41) is 14.4. The molecule has 0 aliphatic heterocycles. The van der Waals surface area contributed by atoms with Crippen LogP contribution >= 0.6 is 0 Å². The molecule has 1 aromatic heterocycles. The number of carbonyl (C=O) groups excluding carboxylic acids is 1. The molecule has 6 heteroatoms. The molecule has 0 spiro atoms. The number of aryl methyl sites for hydroxylation is 2. The first kappa shape index (κ1) is 21.9. The number of hydrogen-bond acceptors (Lipinski definition) is 2. The second kappa shape index (κ2) is 9.68. The minimum atomic E-state index is -1.42. The Balaban J connectivity index is 0.00000261. The van der Waals surface area contributed by atoms with Crippen molar-refractivity contribution in [1.29, 1.82) is 0 Å². The smallest absolute Gasteiger partial charge is 0.256 e. The van der Waals surface area contributed by atoms with E-state index in [-0.39, 0.29) is 35.8 Å². The Morgan fingerprint density at radius 2 is 1.96 bits per heavy atom. The van der Waals surface area contributed by atoms with E-state index in [0.717, 1.165) is 38.6 Å².